The summed E-state index contributed by atoms with van der Waals surface area (Å²) < 4.78 is 0.810. The van der Waals surface area contributed by atoms with Gasteiger partial charge < -0.3 is 11.1 Å². The van der Waals surface area contributed by atoms with Crippen molar-refractivity contribution in [3.8, 4) is 0 Å². The Kier molecular flexibility index (Phi) is 4.45. The predicted octanol–water partition coefficient (Wildman–Crippen LogP) is 3.61. The highest BCUT2D eigenvalue weighted by atomic mass is 79.9. The Morgan fingerprint density at radius 1 is 1.26 bits per heavy atom. The van der Waals surface area contributed by atoms with E-state index in [2.05, 4.69) is 21.2 Å². The molecule has 5 heteroatoms. The molecule has 0 unspecified atom stereocenters. The SMILES string of the molecule is Nc1ccc(Br)cc1C(=O)NCc1ccccc1Cl. The third-order valence-corrected chi connectivity index (χ3v) is 3.52. The van der Waals surface area contributed by atoms with Crippen LogP contribution in [0.3, 0.4) is 0 Å². The van der Waals surface area contributed by atoms with Crippen LogP contribution in [-0.2, 0) is 6.54 Å². The van der Waals surface area contributed by atoms with Crippen LogP contribution in [0.1, 0.15) is 15.9 Å². The molecule has 0 saturated heterocycles. The molecule has 0 bridgehead atoms. The van der Waals surface area contributed by atoms with Crippen molar-refractivity contribution in [2.75, 3.05) is 5.73 Å². The number of hydrogen-bond acceptors (Lipinski definition) is 2. The minimum absolute atomic E-state index is 0.223. The Morgan fingerprint density at radius 2 is 2.00 bits per heavy atom. The normalized spacial score (nSPS) is 10.2. The van der Waals surface area contributed by atoms with Crippen molar-refractivity contribution in [1.82, 2.24) is 5.32 Å². The van der Waals surface area contributed by atoms with E-state index in [4.69, 9.17) is 17.3 Å². The molecule has 2 aromatic rings. The van der Waals surface area contributed by atoms with Crippen LogP contribution in [0.5, 0.6) is 0 Å². The molecule has 1 amide bonds. The number of carbonyl (C=O) groups excluding carboxylic acids is 1. The van der Waals surface area contributed by atoms with Gasteiger partial charge in [0.05, 0.1) is 5.56 Å². The van der Waals surface area contributed by atoms with Crippen LogP contribution in [0.2, 0.25) is 5.02 Å². The van der Waals surface area contributed by atoms with Gasteiger partial charge in [-0.2, -0.15) is 0 Å². The summed E-state index contributed by atoms with van der Waals surface area (Å²) >= 11 is 9.34. The van der Waals surface area contributed by atoms with E-state index in [1.807, 2.05) is 18.2 Å². The van der Waals surface area contributed by atoms with E-state index in [1.54, 1.807) is 24.3 Å². The van der Waals surface area contributed by atoms with Crippen LogP contribution in [0, 0.1) is 0 Å². The lowest BCUT2D eigenvalue weighted by molar-refractivity contribution is 0.0952. The highest BCUT2D eigenvalue weighted by Crippen LogP contribution is 2.19. The van der Waals surface area contributed by atoms with Crippen LogP contribution in [0.15, 0.2) is 46.9 Å². The maximum Gasteiger partial charge on any atom is 0.253 e. The molecule has 0 aliphatic rings. The summed E-state index contributed by atoms with van der Waals surface area (Å²) in [4.78, 5) is 12.0. The number of carbonyl (C=O) groups is 1. The average Bonchev–Trinajstić information content (AvgIpc) is 2.40. The van der Waals surface area contributed by atoms with Gasteiger partial charge in [0.2, 0.25) is 0 Å². The molecule has 0 aliphatic carbocycles. The van der Waals surface area contributed by atoms with Crippen LogP contribution < -0.4 is 11.1 Å². The molecular formula is C14H12BrClN2O. The maximum atomic E-state index is 12.0. The molecule has 0 aliphatic heterocycles. The third kappa shape index (κ3) is 3.49. The zero-order chi connectivity index (χ0) is 13.8. The molecular weight excluding hydrogens is 328 g/mol. The van der Waals surface area contributed by atoms with Crippen LogP contribution in [0.25, 0.3) is 0 Å². The molecule has 98 valence electrons. The van der Waals surface area contributed by atoms with Gasteiger partial charge in [-0.05, 0) is 29.8 Å². The first-order valence-electron chi connectivity index (χ1n) is 5.64. The number of anilines is 1. The summed E-state index contributed by atoms with van der Waals surface area (Å²) in [5.74, 6) is -0.223. The van der Waals surface area contributed by atoms with Crippen molar-refractivity contribution in [1.29, 1.82) is 0 Å². The van der Waals surface area contributed by atoms with Crippen LogP contribution in [-0.4, -0.2) is 5.91 Å². The van der Waals surface area contributed by atoms with Crippen molar-refractivity contribution in [2.45, 2.75) is 6.54 Å². The van der Waals surface area contributed by atoms with E-state index in [9.17, 15) is 4.79 Å². The van der Waals surface area contributed by atoms with Crippen molar-refractivity contribution < 1.29 is 4.79 Å². The quantitative estimate of drug-likeness (QED) is 0.839. The topological polar surface area (TPSA) is 55.1 Å². The number of halogens is 2. The molecule has 19 heavy (non-hydrogen) atoms. The van der Waals surface area contributed by atoms with Crippen molar-refractivity contribution in [2.24, 2.45) is 0 Å². The van der Waals surface area contributed by atoms with Crippen LogP contribution in [0.4, 0.5) is 5.69 Å². The Hall–Kier alpha value is -1.52. The van der Waals surface area contributed by atoms with Gasteiger partial charge in [-0.1, -0.05) is 45.7 Å². The summed E-state index contributed by atoms with van der Waals surface area (Å²) in [6.07, 6.45) is 0. The molecule has 3 nitrogen and oxygen atoms in total. The Balaban J connectivity index is 2.10. The monoisotopic (exact) mass is 338 g/mol. The van der Waals surface area contributed by atoms with Crippen molar-refractivity contribution >= 4 is 39.1 Å². The molecule has 0 fully saturated rings. The number of nitrogen functional groups attached to an aromatic ring is 1. The number of nitrogens with two attached hydrogens (primary N) is 1. The maximum absolute atomic E-state index is 12.0. The molecule has 2 aromatic carbocycles. The zero-order valence-corrected chi connectivity index (χ0v) is 12.3. The second-order valence-corrected chi connectivity index (χ2v) is 5.33. The number of rotatable bonds is 3. The summed E-state index contributed by atoms with van der Waals surface area (Å²) in [7, 11) is 0. The molecule has 0 heterocycles. The van der Waals surface area contributed by atoms with Crippen LogP contribution >= 0.6 is 27.5 Å². The fourth-order valence-corrected chi connectivity index (χ4v) is 2.20. The fraction of sp³-hybridized carbons (Fsp3) is 0.0714. The standard InChI is InChI=1S/C14H12BrClN2O/c15-10-5-6-13(17)11(7-10)14(19)18-8-9-3-1-2-4-12(9)16/h1-7H,8,17H2,(H,18,19). The number of amides is 1. The van der Waals surface area contributed by atoms with Gasteiger partial charge in [-0.25, -0.2) is 0 Å². The first-order chi connectivity index (χ1) is 9.08. The molecule has 0 spiro atoms. The third-order valence-electron chi connectivity index (χ3n) is 2.66. The molecule has 0 saturated carbocycles. The summed E-state index contributed by atoms with van der Waals surface area (Å²) in [6.45, 7) is 0.366. The lowest BCUT2D eigenvalue weighted by atomic mass is 10.1. The minimum atomic E-state index is -0.223. The predicted molar refractivity (Wildman–Crippen MR) is 81.2 cm³/mol. The largest absolute Gasteiger partial charge is 0.398 e. The van der Waals surface area contributed by atoms with Gasteiger partial charge in [0.25, 0.3) is 5.91 Å². The highest BCUT2D eigenvalue weighted by molar-refractivity contribution is 9.10. The Labute approximate surface area is 124 Å². The molecule has 2 rings (SSSR count). The Bertz CT molecular complexity index is 616. The first-order valence-corrected chi connectivity index (χ1v) is 6.81. The van der Waals surface area contributed by atoms with Gasteiger partial charge in [0.1, 0.15) is 0 Å². The number of hydrogen-bond donors (Lipinski definition) is 2. The molecule has 0 aromatic heterocycles. The van der Waals surface area contributed by atoms with Gasteiger partial charge in [-0.3, -0.25) is 4.79 Å². The van der Waals surface area contributed by atoms with Gasteiger partial charge in [0, 0.05) is 21.7 Å². The van der Waals surface area contributed by atoms with Crippen molar-refractivity contribution in [3.05, 3.63) is 63.1 Å². The average molecular weight is 340 g/mol. The summed E-state index contributed by atoms with van der Waals surface area (Å²) in [5, 5.41) is 3.43. The lowest BCUT2D eigenvalue weighted by Crippen LogP contribution is -2.24. The first kappa shape index (κ1) is 13.9. The minimum Gasteiger partial charge on any atom is -0.398 e. The van der Waals surface area contributed by atoms with E-state index >= 15 is 0 Å². The molecule has 0 atom stereocenters. The summed E-state index contributed by atoms with van der Waals surface area (Å²) in [6, 6.07) is 12.6. The molecule has 0 radical (unpaired) electrons. The van der Waals surface area contributed by atoms with E-state index in [1.165, 1.54) is 0 Å². The Morgan fingerprint density at radius 3 is 2.74 bits per heavy atom. The highest BCUT2D eigenvalue weighted by Gasteiger charge is 2.10. The van der Waals surface area contributed by atoms with E-state index in [-0.39, 0.29) is 5.91 Å². The molecule has 3 N–H and O–H groups in total. The van der Waals surface area contributed by atoms with Crippen molar-refractivity contribution in [3.63, 3.8) is 0 Å². The smallest absolute Gasteiger partial charge is 0.253 e. The van der Waals surface area contributed by atoms with Gasteiger partial charge in [-0.15, -0.1) is 0 Å². The lowest BCUT2D eigenvalue weighted by Gasteiger charge is -2.09. The van der Waals surface area contributed by atoms with E-state index < -0.39 is 0 Å². The number of benzene rings is 2. The second-order valence-electron chi connectivity index (χ2n) is 4.01. The van der Waals surface area contributed by atoms with Gasteiger partial charge in [0.15, 0.2) is 0 Å². The second kappa shape index (κ2) is 6.08. The zero-order valence-electron chi connectivity index (χ0n) is 9.99. The van der Waals surface area contributed by atoms with Gasteiger partial charge >= 0.3 is 0 Å². The van der Waals surface area contributed by atoms with E-state index in [0.717, 1.165) is 10.0 Å². The number of nitrogens with one attached hydrogen (secondary N) is 1. The summed E-state index contributed by atoms with van der Waals surface area (Å²) in [5.41, 5.74) is 7.54. The fourth-order valence-electron chi connectivity index (χ4n) is 1.64. The van der Waals surface area contributed by atoms with E-state index in [0.29, 0.717) is 22.8 Å².